The van der Waals surface area contributed by atoms with Crippen LogP contribution in [-0.4, -0.2) is 29.9 Å². The van der Waals surface area contributed by atoms with Crippen molar-refractivity contribution in [2.45, 2.75) is 18.2 Å². The van der Waals surface area contributed by atoms with Gasteiger partial charge >= 0.3 is 5.69 Å². The molecule has 1 aliphatic heterocycles. The Morgan fingerprint density at radius 1 is 1.11 bits per heavy atom. The molecule has 0 bridgehead atoms. The highest BCUT2D eigenvalue weighted by Gasteiger charge is 2.31. The molecule has 0 radical (unpaired) electrons. The lowest BCUT2D eigenvalue weighted by Gasteiger charge is -2.19. The smallest absolute Gasteiger partial charge is 0.306 e. The molecule has 7 nitrogen and oxygen atoms in total. The van der Waals surface area contributed by atoms with E-state index in [0.717, 1.165) is 21.8 Å². The number of rotatable bonds is 3. The van der Waals surface area contributed by atoms with E-state index in [9.17, 15) is 13.2 Å². The van der Waals surface area contributed by atoms with Crippen LogP contribution in [0.2, 0.25) is 0 Å². The van der Waals surface area contributed by atoms with Gasteiger partial charge in [0.1, 0.15) is 0 Å². The summed E-state index contributed by atoms with van der Waals surface area (Å²) in [4.78, 5) is 21.3. The summed E-state index contributed by atoms with van der Waals surface area (Å²) in [5.74, 6) is 0. The SMILES string of the molecule is Cc1nc(-c2ccc3c(c2)CCN3S(=O)(=O)c2ccc3[nH]c(=O)[nH]c3c2)cs1. The van der Waals surface area contributed by atoms with E-state index in [1.54, 1.807) is 17.4 Å². The van der Waals surface area contributed by atoms with Gasteiger partial charge in [-0.2, -0.15) is 0 Å². The molecule has 0 amide bonds. The molecule has 2 aromatic carbocycles. The Bertz CT molecular complexity index is 1380. The third-order valence-corrected chi connectivity index (χ3v) is 7.51. The van der Waals surface area contributed by atoms with Crippen LogP contribution in [0.25, 0.3) is 22.3 Å². The van der Waals surface area contributed by atoms with Gasteiger partial charge in [-0.3, -0.25) is 4.31 Å². The van der Waals surface area contributed by atoms with Crippen LogP contribution in [0.3, 0.4) is 0 Å². The molecular formula is C19H16N4O3S2. The Kier molecular flexibility index (Phi) is 3.72. The van der Waals surface area contributed by atoms with Gasteiger partial charge in [0.15, 0.2) is 0 Å². The van der Waals surface area contributed by atoms with Crippen molar-refractivity contribution < 1.29 is 8.42 Å². The fraction of sp³-hybridized carbons (Fsp3) is 0.158. The molecule has 0 unspecified atom stereocenters. The van der Waals surface area contributed by atoms with Gasteiger partial charge in [0.25, 0.3) is 10.0 Å². The summed E-state index contributed by atoms with van der Waals surface area (Å²) in [5.41, 5.74) is 4.28. The molecule has 2 N–H and O–H groups in total. The maximum absolute atomic E-state index is 13.2. The van der Waals surface area contributed by atoms with E-state index in [1.807, 2.05) is 30.5 Å². The quantitative estimate of drug-likeness (QED) is 0.540. The molecule has 5 rings (SSSR count). The first-order chi connectivity index (χ1) is 13.4. The number of aromatic amines is 2. The topological polar surface area (TPSA) is 98.9 Å². The lowest BCUT2D eigenvalue weighted by atomic mass is 10.1. The van der Waals surface area contributed by atoms with Crippen LogP contribution in [0.5, 0.6) is 0 Å². The van der Waals surface area contributed by atoms with Crippen LogP contribution in [0.1, 0.15) is 10.6 Å². The largest absolute Gasteiger partial charge is 0.323 e. The van der Waals surface area contributed by atoms with Crippen molar-refractivity contribution in [1.29, 1.82) is 0 Å². The number of imidazole rings is 1. The standard InChI is InChI=1S/C19H16N4O3S2/c1-11-20-17(10-27-11)12-2-5-18-13(8-12)6-7-23(18)28(25,26)14-3-4-15-16(9-14)22-19(24)21-15/h2-5,8-10H,6-7H2,1H3,(H2,21,22,24). The van der Waals surface area contributed by atoms with Gasteiger partial charge < -0.3 is 9.97 Å². The van der Waals surface area contributed by atoms with Crippen molar-refractivity contribution in [2.24, 2.45) is 0 Å². The molecule has 28 heavy (non-hydrogen) atoms. The second kappa shape index (κ2) is 6.05. The van der Waals surface area contributed by atoms with Crippen LogP contribution in [0, 0.1) is 6.92 Å². The maximum atomic E-state index is 13.2. The molecule has 3 heterocycles. The van der Waals surface area contributed by atoms with Gasteiger partial charge in [-0.25, -0.2) is 18.2 Å². The minimum absolute atomic E-state index is 0.155. The van der Waals surface area contributed by atoms with Crippen LogP contribution in [-0.2, 0) is 16.4 Å². The molecule has 0 saturated heterocycles. The molecule has 0 spiro atoms. The first-order valence-electron chi connectivity index (χ1n) is 8.72. The van der Waals surface area contributed by atoms with Gasteiger partial charge in [0.2, 0.25) is 0 Å². The fourth-order valence-corrected chi connectivity index (χ4v) is 5.73. The molecular weight excluding hydrogens is 396 g/mol. The minimum Gasteiger partial charge on any atom is -0.306 e. The normalized spacial score (nSPS) is 14.0. The van der Waals surface area contributed by atoms with Gasteiger partial charge in [0.05, 0.1) is 32.3 Å². The first-order valence-corrected chi connectivity index (χ1v) is 11.0. The summed E-state index contributed by atoms with van der Waals surface area (Å²) in [6.07, 6.45) is 0.648. The van der Waals surface area contributed by atoms with Crippen molar-refractivity contribution in [3.05, 3.63) is 62.8 Å². The van der Waals surface area contributed by atoms with Crippen LogP contribution >= 0.6 is 11.3 Å². The summed E-state index contributed by atoms with van der Waals surface area (Å²) < 4.78 is 27.9. The van der Waals surface area contributed by atoms with Crippen molar-refractivity contribution in [2.75, 3.05) is 10.8 Å². The highest BCUT2D eigenvalue weighted by atomic mass is 32.2. The van der Waals surface area contributed by atoms with Crippen molar-refractivity contribution >= 4 is 38.1 Å². The van der Waals surface area contributed by atoms with Gasteiger partial charge in [-0.1, -0.05) is 6.07 Å². The van der Waals surface area contributed by atoms with Crippen molar-refractivity contribution in [1.82, 2.24) is 15.0 Å². The van der Waals surface area contributed by atoms with Crippen molar-refractivity contribution in [3.8, 4) is 11.3 Å². The average molecular weight is 412 g/mol. The summed E-state index contributed by atoms with van der Waals surface area (Å²) in [6, 6.07) is 10.4. The lowest BCUT2D eigenvalue weighted by molar-refractivity contribution is 0.592. The molecule has 0 saturated carbocycles. The van der Waals surface area contributed by atoms with Crippen LogP contribution in [0.4, 0.5) is 5.69 Å². The number of nitrogens with one attached hydrogen (secondary N) is 2. The molecule has 0 aliphatic carbocycles. The molecule has 142 valence electrons. The predicted molar refractivity (Wildman–Crippen MR) is 109 cm³/mol. The van der Waals surface area contributed by atoms with Crippen LogP contribution < -0.4 is 9.99 Å². The molecule has 4 aromatic rings. The number of H-pyrrole nitrogens is 2. The van der Waals surface area contributed by atoms with E-state index in [0.29, 0.717) is 29.7 Å². The van der Waals surface area contributed by atoms with E-state index in [-0.39, 0.29) is 10.6 Å². The number of anilines is 1. The molecule has 1 aliphatic rings. The zero-order valence-corrected chi connectivity index (χ0v) is 16.5. The molecule has 2 aromatic heterocycles. The average Bonchev–Trinajstić information content (AvgIpc) is 3.37. The molecule has 0 atom stereocenters. The van der Waals surface area contributed by atoms with Gasteiger partial charge in [-0.15, -0.1) is 11.3 Å². The lowest BCUT2D eigenvalue weighted by Crippen LogP contribution is -2.29. The second-order valence-corrected chi connectivity index (χ2v) is 9.63. The van der Waals surface area contributed by atoms with Crippen molar-refractivity contribution in [3.63, 3.8) is 0 Å². The van der Waals surface area contributed by atoms with Gasteiger partial charge in [-0.05, 0) is 49.2 Å². The summed E-state index contributed by atoms with van der Waals surface area (Å²) >= 11 is 1.59. The number of fused-ring (bicyclic) bond motifs is 2. The highest BCUT2D eigenvalue weighted by Crippen LogP contribution is 2.36. The molecule has 9 heteroatoms. The number of nitrogens with zero attached hydrogens (tertiary/aromatic N) is 2. The Balaban J connectivity index is 1.54. The van der Waals surface area contributed by atoms with E-state index in [2.05, 4.69) is 15.0 Å². The van der Waals surface area contributed by atoms with E-state index >= 15 is 0 Å². The van der Waals surface area contributed by atoms with Crippen LogP contribution in [0.15, 0.2) is 51.5 Å². The summed E-state index contributed by atoms with van der Waals surface area (Å²) in [5, 5.41) is 3.01. The zero-order valence-electron chi connectivity index (χ0n) is 14.9. The number of benzene rings is 2. The minimum atomic E-state index is -3.72. The monoisotopic (exact) mass is 412 g/mol. The Morgan fingerprint density at radius 2 is 1.93 bits per heavy atom. The van der Waals surface area contributed by atoms with E-state index in [4.69, 9.17) is 0 Å². The number of aromatic nitrogens is 3. The number of aryl methyl sites for hydroxylation is 1. The molecule has 0 fully saturated rings. The van der Waals surface area contributed by atoms with E-state index in [1.165, 1.54) is 16.4 Å². The third kappa shape index (κ3) is 2.66. The number of sulfonamides is 1. The van der Waals surface area contributed by atoms with E-state index < -0.39 is 10.0 Å². The third-order valence-electron chi connectivity index (χ3n) is 4.92. The Morgan fingerprint density at radius 3 is 2.71 bits per heavy atom. The highest BCUT2D eigenvalue weighted by molar-refractivity contribution is 7.92. The summed E-state index contributed by atoms with van der Waals surface area (Å²) in [6.45, 7) is 2.35. The predicted octanol–water partition coefficient (Wildman–Crippen LogP) is 3.04. The zero-order chi connectivity index (χ0) is 19.5. The Labute approximate surface area is 164 Å². The number of hydrogen-bond acceptors (Lipinski definition) is 5. The van der Waals surface area contributed by atoms with Gasteiger partial charge in [0, 0.05) is 17.5 Å². The Hall–Kier alpha value is -2.91. The first kappa shape index (κ1) is 17.2. The maximum Gasteiger partial charge on any atom is 0.323 e. The summed E-state index contributed by atoms with van der Waals surface area (Å²) in [7, 11) is -3.72. The number of hydrogen-bond donors (Lipinski definition) is 2. The second-order valence-electron chi connectivity index (χ2n) is 6.71. The number of thiazole rings is 1. The fourth-order valence-electron chi connectivity index (χ4n) is 3.58.